The van der Waals surface area contributed by atoms with Crippen molar-refractivity contribution in [1.82, 2.24) is 0 Å². The van der Waals surface area contributed by atoms with E-state index in [0.717, 1.165) is 6.42 Å². The quantitative estimate of drug-likeness (QED) is 0.573. The average Bonchev–Trinajstić information content (AvgIpc) is 1.89. The molecule has 0 saturated heterocycles. The predicted octanol–water partition coefficient (Wildman–Crippen LogP) is 0.707. The Balaban J connectivity index is 2.88. The Morgan fingerprint density at radius 1 is 1.56 bits per heavy atom. The standard InChI is InChI=1S/C5H13N2.ClH.Hg/c1-2-3-5(7)4-6;;/h5H,1-4,6-7H2;1H;/q;;+1/p-1. The summed E-state index contributed by atoms with van der Waals surface area (Å²) in [6, 6.07) is 0.210. The molecule has 0 aromatic heterocycles. The fraction of sp³-hybridized carbons (Fsp3) is 1.00. The summed E-state index contributed by atoms with van der Waals surface area (Å²) in [4.78, 5) is 0. The summed E-state index contributed by atoms with van der Waals surface area (Å²) in [5, 5.41) is 0. The first kappa shape index (κ1) is 10.1. The van der Waals surface area contributed by atoms with Crippen molar-refractivity contribution in [2.45, 2.75) is 22.8 Å². The van der Waals surface area contributed by atoms with Crippen LogP contribution >= 0.6 is 8.25 Å². The molecule has 1 atom stereocenters. The number of nitrogens with two attached hydrogens (primary N) is 2. The second-order valence-electron chi connectivity index (χ2n) is 2.18. The van der Waals surface area contributed by atoms with Crippen molar-refractivity contribution in [2.24, 2.45) is 11.5 Å². The molecule has 9 heavy (non-hydrogen) atoms. The number of halogens is 1. The number of rotatable bonds is 5. The summed E-state index contributed by atoms with van der Waals surface area (Å²) >= 11 is -0.857. The van der Waals surface area contributed by atoms with Crippen molar-refractivity contribution in [3.8, 4) is 0 Å². The van der Waals surface area contributed by atoms with Gasteiger partial charge in [-0.25, -0.2) is 0 Å². The van der Waals surface area contributed by atoms with E-state index in [1.54, 1.807) is 0 Å². The fourth-order valence-electron chi connectivity index (χ4n) is 0.619. The topological polar surface area (TPSA) is 52.0 Å². The Morgan fingerprint density at radius 3 is 2.67 bits per heavy atom. The molecular formula is C5H13ClHgN2. The molecule has 4 heteroatoms. The molecule has 4 N–H and O–H groups in total. The van der Waals surface area contributed by atoms with Gasteiger partial charge in [0.1, 0.15) is 0 Å². The van der Waals surface area contributed by atoms with Crippen LogP contribution in [0.25, 0.3) is 0 Å². The molecule has 0 rings (SSSR count). The monoisotopic (exact) mass is 338 g/mol. The van der Waals surface area contributed by atoms with Gasteiger partial charge in [-0.15, -0.1) is 0 Å². The van der Waals surface area contributed by atoms with Crippen LogP contribution in [0.4, 0.5) is 0 Å². The molecule has 0 amide bonds. The fourth-order valence-corrected chi connectivity index (χ4v) is 4.13. The molecule has 0 aromatic carbocycles. The van der Waals surface area contributed by atoms with Crippen molar-refractivity contribution in [2.75, 3.05) is 6.54 Å². The normalized spacial score (nSPS) is 12.8. The first-order chi connectivity index (χ1) is 4.31. The van der Waals surface area contributed by atoms with Gasteiger partial charge in [0.25, 0.3) is 0 Å². The molecular weight excluding hydrogens is 324 g/mol. The zero-order chi connectivity index (χ0) is 7.11. The Hall–Kier alpha value is 1.15. The van der Waals surface area contributed by atoms with Gasteiger partial charge in [0.05, 0.1) is 0 Å². The van der Waals surface area contributed by atoms with E-state index in [9.17, 15) is 0 Å². The molecule has 0 heterocycles. The van der Waals surface area contributed by atoms with Crippen LogP contribution < -0.4 is 11.5 Å². The Bertz CT molecular complexity index is 62.9. The Morgan fingerprint density at radius 2 is 2.22 bits per heavy atom. The van der Waals surface area contributed by atoms with Crippen molar-refractivity contribution >= 4 is 8.25 Å². The molecule has 52 valence electrons. The molecule has 1 unspecified atom stereocenters. The van der Waals surface area contributed by atoms with Gasteiger partial charge >= 0.3 is 72.4 Å². The van der Waals surface area contributed by atoms with Crippen molar-refractivity contribution in [1.29, 1.82) is 0 Å². The second-order valence-corrected chi connectivity index (χ2v) is 9.72. The molecule has 0 radical (unpaired) electrons. The van der Waals surface area contributed by atoms with Crippen LogP contribution in [0.15, 0.2) is 0 Å². The number of hydrogen-bond acceptors (Lipinski definition) is 2. The summed E-state index contributed by atoms with van der Waals surface area (Å²) in [5.74, 6) is 0. The number of hydrogen-bond donors (Lipinski definition) is 2. The molecule has 0 saturated carbocycles. The summed E-state index contributed by atoms with van der Waals surface area (Å²) in [6.45, 7) is 0.610. The third-order valence-corrected chi connectivity index (χ3v) is 6.59. The van der Waals surface area contributed by atoms with E-state index in [2.05, 4.69) is 0 Å². The van der Waals surface area contributed by atoms with Gasteiger partial charge < -0.3 is 0 Å². The van der Waals surface area contributed by atoms with E-state index in [1.165, 1.54) is 10.4 Å². The molecule has 0 spiro atoms. The van der Waals surface area contributed by atoms with Gasteiger partial charge in [0, 0.05) is 0 Å². The van der Waals surface area contributed by atoms with Crippen LogP contribution in [0, 0.1) is 0 Å². The molecule has 0 aliphatic heterocycles. The third-order valence-electron chi connectivity index (χ3n) is 1.26. The Kier molecular flexibility index (Phi) is 8.18. The Labute approximate surface area is 72.2 Å². The molecule has 0 bridgehead atoms. The van der Waals surface area contributed by atoms with E-state index in [4.69, 9.17) is 19.7 Å². The van der Waals surface area contributed by atoms with Crippen molar-refractivity contribution < 1.29 is 23.3 Å². The summed E-state index contributed by atoms with van der Waals surface area (Å²) in [5.41, 5.74) is 10.9. The van der Waals surface area contributed by atoms with E-state index >= 15 is 0 Å². The summed E-state index contributed by atoms with van der Waals surface area (Å²) in [6.07, 6.45) is 2.26. The van der Waals surface area contributed by atoms with E-state index in [-0.39, 0.29) is 6.04 Å². The van der Waals surface area contributed by atoms with Crippen molar-refractivity contribution in [3.05, 3.63) is 0 Å². The van der Waals surface area contributed by atoms with Crippen LogP contribution in [-0.4, -0.2) is 12.6 Å². The molecule has 0 fully saturated rings. The van der Waals surface area contributed by atoms with E-state index in [1.807, 2.05) is 0 Å². The van der Waals surface area contributed by atoms with Crippen LogP contribution in [0.5, 0.6) is 0 Å². The first-order valence-corrected chi connectivity index (χ1v) is 14.0. The predicted molar refractivity (Wildman–Crippen MR) is 36.9 cm³/mol. The minimum absolute atomic E-state index is 0.210. The van der Waals surface area contributed by atoms with Gasteiger partial charge in [-0.1, -0.05) is 0 Å². The van der Waals surface area contributed by atoms with E-state index in [0.29, 0.717) is 6.54 Å². The maximum atomic E-state index is 5.68. The zero-order valence-electron chi connectivity index (χ0n) is 5.65. The van der Waals surface area contributed by atoms with Crippen LogP contribution in [0.2, 0.25) is 3.93 Å². The zero-order valence-corrected chi connectivity index (χ0v) is 11.9. The SMILES string of the molecule is NCC(N)CC[CH2][Hg][Cl]. The van der Waals surface area contributed by atoms with Gasteiger partial charge in [-0.3, -0.25) is 0 Å². The molecule has 0 aromatic rings. The van der Waals surface area contributed by atoms with Crippen LogP contribution in [0.3, 0.4) is 0 Å². The molecule has 0 aliphatic carbocycles. The molecule has 2 nitrogen and oxygen atoms in total. The van der Waals surface area contributed by atoms with Gasteiger partial charge in [-0.2, -0.15) is 0 Å². The molecule has 0 aliphatic rings. The van der Waals surface area contributed by atoms with Crippen LogP contribution in [0.1, 0.15) is 12.8 Å². The third kappa shape index (κ3) is 7.04. The van der Waals surface area contributed by atoms with Gasteiger partial charge in [0.15, 0.2) is 0 Å². The summed E-state index contributed by atoms with van der Waals surface area (Å²) in [7, 11) is 5.68. The van der Waals surface area contributed by atoms with Gasteiger partial charge in [-0.05, 0) is 0 Å². The van der Waals surface area contributed by atoms with Crippen LogP contribution in [-0.2, 0) is 23.3 Å². The van der Waals surface area contributed by atoms with Crippen molar-refractivity contribution in [3.63, 3.8) is 0 Å². The van der Waals surface area contributed by atoms with Gasteiger partial charge in [0.2, 0.25) is 0 Å². The summed E-state index contributed by atoms with van der Waals surface area (Å²) < 4.78 is 1.27. The average molecular weight is 337 g/mol. The maximum absolute atomic E-state index is 5.68. The van der Waals surface area contributed by atoms with E-state index < -0.39 is 23.3 Å². The second kappa shape index (κ2) is 7.25. The minimum atomic E-state index is -0.857. The first-order valence-electron chi connectivity index (χ1n) is 3.33.